The molecule has 4 rings (SSSR count). The van der Waals surface area contributed by atoms with Crippen LogP contribution >= 0.6 is 24.0 Å². The fourth-order valence-corrected chi connectivity index (χ4v) is 4.71. The maximum Gasteiger partial charge on any atom is 0.284 e. The molecule has 0 spiro atoms. The van der Waals surface area contributed by atoms with Gasteiger partial charge < -0.3 is 20.8 Å². The molecule has 2 fully saturated rings. The third kappa shape index (κ3) is 6.00. The van der Waals surface area contributed by atoms with E-state index in [4.69, 9.17) is 10.2 Å². The number of furan rings is 1. The standard InChI is InChI=1S/C23H31N5O2.HI/c1-2-25-23(26-14-20-10-11-21(30-20)22(24)29)27-17-12-18-8-9-19(13-17)28(18)15-16-6-4-3-5-7-16;/h3-7,10-11,17-19H,2,8-9,12-15H2,1H3,(H2,24,29)(H2,25,26,27);1H. The fourth-order valence-electron chi connectivity index (χ4n) is 4.71. The largest absolute Gasteiger partial charge is 0.454 e. The normalized spacial score (nSPS) is 23.3. The minimum atomic E-state index is -0.562. The smallest absolute Gasteiger partial charge is 0.284 e. The molecule has 1 amide bonds. The summed E-state index contributed by atoms with van der Waals surface area (Å²) in [5, 5.41) is 6.94. The van der Waals surface area contributed by atoms with Crippen molar-refractivity contribution < 1.29 is 9.21 Å². The Morgan fingerprint density at radius 1 is 1.16 bits per heavy atom. The number of benzene rings is 1. The number of aliphatic imine (C=N–C) groups is 1. The van der Waals surface area contributed by atoms with Gasteiger partial charge in [0.2, 0.25) is 0 Å². The summed E-state index contributed by atoms with van der Waals surface area (Å²) < 4.78 is 5.43. The molecule has 2 atom stereocenters. The number of nitrogens with one attached hydrogen (secondary N) is 2. The molecule has 2 aliphatic heterocycles. The summed E-state index contributed by atoms with van der Waals surface area (Å²) in [7, 11) is 0. The Bertz CT molecular complexity index is 871. The SMILES string of the molecule is CCNC(=NCc1ccc(C(N)=O)o1)NC1CC2CCC(C1)N2Cc1ccccc1.I. The van der Waals surface area contributed by atoms with Crippen molar-refractivity contribution in [3.8, 4) is 0 Å². The van der Waals surface area contributed by atoms with E-state index < -0.39 is 5.91 Å². The number of fused-ring (bicyclic) bond motifs is 2. The van der Waals surface area contributed by atoms with Crippen LogP contribution in [0.3, 0.4) is 0 Å². The maximum absolute atomic E-state index is 11.2. The number of halogens is 1. The van der Waals surface area contributed by atoms with Gasteiger partial charge in [0, 0.05) is 31.2 Å². The van der Waals surface area contributed by atoms with Gasteiger partial charge in [-0.2, -0.15) is 0 Å². The van der Waals surface area contributed by atoms with Gasteiger partial charge in [-0.25, -0.2) is 4.99 Å². The number of nitrogens with zero attached hydrogens (tertiary/aromatic N) is 2. The number of amides is 1. The van der Waals surface area contributed by atoms with Gasteiger partial charge in [0.1, 0.15) is 12.3 Å². The van der Waals surface area contributed by atoms with Crippen LogP contribution in [0.15, 0.2) is 51.9 Å². The highest BCUT2D eigenvalue weighted by Gasteiger charge is 2.40. The van der Waals surface area contributed by atoms with Gasteiger partial charge in [-0.3, -0.25) is 9.69 Å². The van der Waals surface area contributed by atoms with Crippen molar-refractivity contribution in [1.82, 2.24) is 15.5 Å². The van der Waals surface area contributed by atoms with Gasteiger partial charge in [-0.1, -0.05) is 30.3 Å². The molecule has 7 nitrogen and oxygen atoms in total. The van der Waals surface area contributed by atoms with Crippen molar-refractivity contribution in [3.05, 3.63) is 59.5 Å². The lowest BCUT2D eigenvalue weighted by Gasteiger charge is -2.39. The number of rotatable bonds is 7. The third-order valence-corrected chi connectivity index (χ3v) is 6.07. The Labute approximate surface area is 200 Å². The van der Waals surface area contributed by atoms with E-state index >= 15 is 0 Å². The molecule has 0 radical (unpaired) electrons. The molecule has 0 aliphatic carbocycles. The fraction of sp³-hybridized carbons (Fsp3) is 0.478. The van der Waals surface area contributed by atoms with E-state index in [0.717, 1.165) is 31.9 Å². The number of carbonyl (C=O) groups is 1. The van der Waals surface area contributed by atoms with Gasteiger partial charge in [0.05, 0.1) is 0 Å². The topological polar surface area (TPSA) is 95.9 Å². The highest BCUT2D eigenvalue weighted by molar-refractivity contribution is 14.0. The minimum Gasteiger partial charge on any atom is -0.454 e. The monoisotopic (exact) mass is 537 g/mol. The lowest BCUT2D eigenvalue weighted by atomic mass is 9.96. The molecule has 31 heavy (non-hydrogen) atoms. The van der Waals surface area contributed by atoms with Gasteiger partial charge in [-0.05, 0) is 50.3 Å². The van der Waals surface area contributed by atoms with Gasteiger partial charge in [0.25, 0.3) is 5.91 Å². The Kier molecular flexibility index (Phi) is 8.36. The molecule has 0 saturated carbocycles. The number of piperidine rings is 1. The summed E-state index contributed by atoms with van der Waals surface area (Å²) in [4.78, 5) is 18.5. The maximum atomic E-state index is 11.2. The zero-order chi connectivity index (χ0) is 20.9. The van der Waals surface area contributed by atoms with Crippen molar-refractivity contribution in [2.24, 2.45) is 10.7 Å². The molecule has 3 heterocycles. The molecular formula is C23H32IN5O2. The van der Waals surface area contributed by atoms with Crippen molar-refractivity contribution in [3.63, 3.8) is 0 Å². The molecule has 1 aromatic carbocycles. The number of carbonyl (C=O) groups excluding carboxylic acids is 1. The Balaban J connectivity index is 0.00000272. The molecule has 2 unspecified atom stereocenters. The van der Waals surface area contributed by atoms with Crippen molar-refractivity contribution in [2.75, 3.05) is 6.54 Å². The Morgan fingerprint density at radius 3 is 2.48 bits per heavy atom. The molecular weight excluding hydrogens is 505 g/mol. The Morgan fingerprint density at radius 2 is 1.87 bits per heavy atom. The van der Waals surface area contributed by atoms with Crippen LogP contribution in [0.25, 0.3) is 0 Å². The van der Waals surface area contributed by atoms with Crippen LogP contribution in [0.2, 0.25) is 0 Å². The van der Waals surface area contributed by atoms with E-state index in [9.17, 15) is 4.79 Å². The molecule has 1 aromatic heterocycles. The van der Waals surface area contributed by atoms with E-state index in [2.05, 4.69) is 57.8 Å². The number of nitrogens with two attached hydrogens (primary N) is 1. The minimum absolute atomic E-state index is 0. The first-order valence-electron chi connectivity index (χ1n) is 10.9. The molecule has 2 saturated heterocycles. The van der Waals surface area contributed by atoms with Crippen molar-refractivity contribution >= 4 is 35.8 Å². The number of hydrogen-bond acceptors (Lipinski definition) is 4. The predicted molar refractivity (Wildman–Crippen MR) is 132 cm³/mol. The lowest BCUT2D eigenvalue weighted by molar-refractivity contribution is 0.0972. The van der Waals surface area contributed by atoms with Gasteiger partial charge in [-0.15, -0.1) is 24.0 Å². The van der Waals surface area contributed by atoms with E-state index in [1.54, 1.807) is 12.1 Å². The average Bonchev–Trinajstić information content (AvgIpc) is 3.30. The van der Waals surface area contributed by atoms with Crippen LogP contribution in [0.1, 0.15) is 54.5 Å². The summed E-state index contributed by atoms with van der Waals surface area (Å²) in [5.74, 6) is 1.02. The second-order valence-electron chi connectivity index (χ2n) is 8.18. The zero-order valence-electron chi connectivity index (χ0n) is 17.9. The average molecular weight is 537 g/mol. The van der Waals surface area contributed by atoms with E-state index in [-0.39, 0.29) is 29.7 Å². The summed E-state index contributed by atoms with van der Waals surface area (Å²) in [5.41, 5.74) is 6.64. The zero-order valence-corrected chi connectivity index (χ0v) is 20.3. The van der Waals surface area contributed by atoms with Crippen LogP contribution in [-0.4, -0.2) is 41.4 Å². The molecule has 8 heteroatoms. The lowest BCUT2D eigenvalue weighted by Crippen LogP contribution is -2.52. The van der Waals surface area contributed by atoms with E-state index in [0.29, 0.717) is 30.4 Å². The molecule has 4 N–H and O–H groups in total. The highest BCUT2D eigenvalue weighted by atomic mass is 127. The Hall–Kier alpha value is -2.07. The molecule has 2 bridgehead atoms. The predicted octanol–water partition coefficient (Wildman–Crippen LogP) is 3.25. The summed E-state index contributed by atoms with van der Waals surface area (Å²) >= 11 is 0. The van der Waals surface area contributed by atoms with Gasteiger partial charge in [0.15, 0.2) is 11.7 Å². The first kappa shape index (κ1) is 23.6. The number of hydrogen-bond donors (Lipinski definition) is 3. The second kappa shape index (κ2) is 11.0. The molecule has 2 aromatic rings. The van der Waals surface area contributed by atoms with Crippen molar-refractivity contribution in [1.29, 1.82) is 0 Å². The van der Waals surface area contributed by atoms with Crippen LogP contribution < -0.4 is 16.4 Å². The van der Waals surface area contributed by atoms with Crippen LogP contribution in [0, 0.1) is 0 Å². The third-order valence-electron chi connectivity index (χ3n) is 6.07. The van der Waals surface area contributed by atoms with Crippen LogP contribution in [0.4, 0.5) is 0 Å². The highest BCUT2D eigenvalue weighted by Crippen LogP contribution is 2.36. The summed E-state index contributed by atoms with van der Waals surface area (Å²) in [6.07, 6.45) is 4.79. The van der Waals surface area contributed by atoms with Gasteiger partial charge >= 0.3 is 0 Å². The van der Waals surface area contributed by atoms with E-state index in [1.807, 2.05) is 0 Å². The first-order valence-corrected chi connectivity index (χ1v) is 10.9. The van der Waals surface area contributed by atoms with Crippen LogP contribution in [0.5, 0.6) is 0 Å². The van der Waals surface area contributed by atoms with Crippen LogP contribution in [-0.2, 0) is 13.1 Å². The molecule has 168 valence electrons. The second-order valence-corrected chi connectivity index (χ2v) is 8.18. The molecule has 2 aliphatic rings. The number of primary amides is 1. The summed E-state index contributed by atoms with van der Waals surface area (Å²) in [6, 6.07) is 15.7. The first-order chi connectivity index (χ1) is 14.6. The van der Waals surface area contributed by atoms with E-state index in [1.165, 1.54) is 18.4 Å². The summed E-state index contributed by atoms with van der Waals surface area (Å²) in [6.45, 7) is 4.25. The quantitative estimate of drug-likeness (QED) is 0.287. The van der Waals surface area contributed by atoms with Crippen molar-refractivity contribution in [2.45, 2.75) is 63.8 Å². The number of guanidine groups is 1.